The molecule has 2 bridgehead atoms. The number of likely N-dealkylation sites (tertiary alicyclic amines) is 1. The van der Waals surface area contributed by atoms with Crippen molar-refractivity contribution in [2.45, 2.75) is 85.7 Å². The van der Waals surface area contributed by atoms with Crippen molar-refractivity contribution in [3.8, 4) is 0 Å². The van der Waals surface area contributed by atoms with Crippen LogP contribution in [0.15, 0.2) is 25.3 Å². The lowest BCUT2D eigenvalue weighted by Crippen LogP contribution is -2.57. The third kappa shape index (κ3) is 5.30. The third-order valence-electron chi connectivity index (χ3n) is 7.80. The zero-order chi connectivity index (χ0) is 26.5. The van der Waals surface area contributed by atoms with Gasteiger partial charge >= 0.3 is 5.97 Å². The molecule has 3 unspecified atom stereocenters. The number of halogens is 1. The van der Waals surface area contributed by atoms with Gasteiger partial charge < -0.3 is 19.6 Å². The second-order valence-corrected chi connectivity index (χ2v) is 12.7. The van der Waals surface area contributed by atoms with Gasteiger partial charge in [-0.15, -0.1) is 24.9 Å². The lowest BCUT2D eigenvalue weighted by atomic mass is 9.71. The van der Waals surface area contributed by atoms with Crippen molar-refractivity contribution in [1.29, 1.82) is 0 Å². The summed E-state index contributed by atoms with van der Waals surface area (Å²) in [5.74, 6) is -1.91. The molecule has 7 atom stereocenters. The van der Waals surface area contributed by atoms with E-state index in [2.05, 4.69) is 36.0 Å². The molecule has 0 aliphatic carbocycles. The fraction of sp³-hybridized carbons (Fsp3) is 0.741. The van der Waals surface area contributed by atoms with E-state index < -0.39 is 28.7 Å². The maximum atomic E-state index is 14.2. The van der Waals surface area contributed by atoms with Gasteiger partial charge in [-0.1, -0.05) is 48.4 Å². The highest BCUT2D eigenvalue weighted by molar-refractivity contribution is 9.09. The second kappa shape index (κ2) is 13.0. The maximum Gasteiger partial charge on any atom is 0.310 e. The van der Waals surface area contributed by atoms with Crippen LogP contribution in [0.2, 0.25) is 0 Å². The third-order valence-corrected chi connectivity index (χ3v) is 11.0. The number of carbonyl (C=O) groups is 3. The van der Waals surface area contributed by atoms with Gasteiger partial charge in [0.15, 0.2) is 0 Å². The maximum absolute atomic E-state index is 14.2. The summed E-state index contributed by atoms with van der Waals surface area (Å²) in [6.07, 6.45) is 9.00. The van der Waals surface area contributed by atoms with Crippen molar-refractivity contribution in [1.82, 2.24) is 9.80 Å². The number of amides is 2. The van der Waals surface area contributed by atoms with Gasteiger partial charge in [-0.05, 0) is 38.5 Å². The van der Waals surface area contributed by atoms with E-state index in [0.717, 1.165) is 32.1 Å². The van der Waals surface area contributed by atoms with Crippen LogP contribution in [0.4, 0.5) is 0 Å². The second-order valence-electron chi connectivity index (χ2n) is 10.0. The lowest BCUT2D eigenvalue weighted by Gasteiger charge is -2.39. The average Bonchev–Trinajstić information content (AvgIpc) is 3.46. The van der Waals surface area contributed by atoms with Crippen LogP contribution in [0.1, 0.15) is 58.8 Å². The smallest absolute Gasteiger partial charge is 0.310 e. The molecule has 202 valence electrons. The number of nitrogens with zero attached hydrogens (tertiary/aromatic N) is 2. The molecular formula is C27H41BrN2O5S. The Hall–Kier alpha value is -1.32. The van der Waals surface area contributed by atoms with Gasteiger partial charge in [0.25, 0.3) is 0 Å². The van der Waals surface area contributed by atoms with Crippen LogP contribution in [-0.2, 0) is 19.1 Å². The van der Waals surface area contributed by atoms with E-state index in [-0.39, 0.29) is 34.5 Å². The van der Waals surface area contributed by atoms with E-state index in [1.165, 1.54) is 0 Å². The van der Waals surface area contributed by atoms with E-state index in [9.17, 15) is 19.5 Å². The van der Waals surface area contributed by atoms with Crippen molar-refractivity contribution >= 4 is 45.5 Å². The number of carbonyl (C=O) groups excluding carboxylic acids is 3. The molecule has 0 saturated carbocycles. The fourth-order valence-corrected chi connectivity index (χ4v) is 9.63. The molecule has 0 aromatic carbocycles. The van der Waals surface area contributed by atoms with Gasteiger partial charge in [-0.2, -0.15) is 0 Å². The van der Waals surface area contributed by atoms with Crippen LogP contribution >= 0.6 is 27.7 Å². The Morgan fingerprint density at radius 1 is 1.31 bits per heavy atom. The minimum atomic E-state index is -0.732. The topological polar surface area (TPSA) is 87.1 Å². The minimum absolute atomic E-state index is 0.00202. The average molecular weight is 586 g/mol. The van der Waals surface area contributed by atoms with Gasteiger partial charge in [-0.3, -0.25) is 14.4 Å². The Labute approximate surface area is 228 Å². The summed E-state index contributed by atoms with van der Waals surface area (Å²) in [6, 6.07) is -1.21. The van der Waals surface area contributed by atoms with E-state index >= 15 is 0 Å². The van der Waals surface area contributed by atoms with E-state index in [0.29, 0.717) is 32.5 Å². The Kier molecular flexibility index (Phi) is 10.5. The highest BCUT2D eigenvalue weighted by Crippen LogP contribution is 2.68. The fourth-order valence-electron chi connectivity index (χ4n) is 6.05. The first-order chi connectivity index (χ1) is 17.3. The van der Waals surface area contributed by atoms with Crippen LogP contribution in [0, 0.1) is 11.8 Å². The summed E-state index contributed by atoms with van der Waals surface area (Å²) in [6.45, 7) is 12.6. The number of rotatable bonds is 15. The van der Waals surface area contributed by atoms with Gasteiger partial charge in [0.05, 0.1) is 35.8 Å². The summed E-state index contributed by atoms with van der Waals surface area (Å²) >= 11 is 5.38. The van der Waals surface area contributed by atoms with Crippen LogP contribution in [-0.4, -0.2) is 85.9 Å². The van der Waals surface area contributed by atoms with Gasteiger partial charge in [0.2, 0.25) is 11.8 Å². The molecule has 3 rings (SSSR count). The van der Waals surface area contributed by atoms with Crippen LogP contribution in [0.3, 0.4) is 0 Å². The molecular weight excluding hydrogens is 544 g/mol. The number of hydrogen-bond acceptors (Lipinski definition) is 6. The Morgan fingerprint density at radius 2 is 2.06 bits per heavy atom. The van der Waals surface area contributed by atoms with E-state index in [1.807, 2.05) is 13.0 Å². The number of thioether (sulfide) groups is 1. The number of alkyl halides is 1. The molecule has 1 spiro atoms. The van der Waals surface area contributed by atoms with E-state index in [1.54, 1.807) is 27.6 Å². The molecule has 7 nitrogen and oxygen atoms in total. The highest BCUT2D eigenvalue weighted by Gasteiger charge is 2.76. The molecule has 0 aromatic rings. The van der Waals surface area contributed by atoms with Crippen molar-refractivity contribution in [3.63, 3.8) is 0 Å². The molecule has 2 amide bonds. The number of hydrogen-bond donors (Lipinski definition) is 1. The molecule has 0 aromatic heterocycles. The van der Waals surface area contributed by atoms with Gasteiger partial charge in [-0.25, -0.2) is 0 Å². The van der Waals surface area contributed by atoms with Crippen LogP contribution < -0.4 is 0 Å². The number of esters is 1. The minimum Gasteiger partial charge on any atom is -0.465 e. The normalized spacial score (nSPS) is 31.3. The molecule has 3 saturated heterocycles. The molecule has 1 N–H and O–H groups in total. The standard InChI is InChI=1S/C27H41BrN2O5S/c1-5-9-11-12-15-35-26(34)20-21-24(32)30(18(8-4)17-31)23(27(21)16-19(28)22(20)36-27)25(33)29(13-7-3)14-10-6-2/h5,7,18-23,31H,1,3,6,8-17H2,2,4H3/t18-,19?,20-,21-,22-,23?,27?/m0/s1. The van der Waals surface area contributed by atoms with Gasteiger partial charge in [0.1, 0.15) is 6.04 Å². The summed E-state index contributed by atoms with van der Waals surface area (Å²) in [7, 11) is 0. The Bertz CT molecular complexity index is 837. The number of ether oxygens (including phenoxy) is 1. The lowest BCUT2D eigenvalue weighted by molar-refractivity contribution is -0.154. The summed E-state index contributed by atoms with van der Waals surface area (Å²) in [5, 5.41) is 10.1. The molecule has 3 fully saturated rings. The quantitative estimate of drug-likeness (QED) is 0.136. The van der Waals surface area contributed by atoms with Crippen molar-refractivity contribution in [3.05, 3.63) is 25.3 Å². The number of allylic oxidation sites excluding steroid dienone is 1. The SMILES string of the molecule is C=CCCCCOC(=O)[C@H]1[C@H]2C(=O)N([C@@H](CC)CO)C(C(=O)N(CC=C)CCCC)C23CC(Br)[C@@H]1S3. The number of unbranched alkanes of at least 4 members (excludes halogenated alkanes) is 3. The largest absolute Gasteiger partial charge is 0.465 e. The molecule has 9 heteroatoms. The van der Waals surface area contributed by atoms with Crippen LogP contribution in [0.5, 0.6) is 0 Å². The molecule has 3 aliphatic heterocycles. The van der Waals surface area contributed by atoms with Crippen molar-refractivity contribution < 1.29 is 24.2 Å². The monoisotopic (exact) mass is 584 g/mol. The number of aliphatic hydroxyl groups excluding tert-OH is 1. The first kappa shape index (κ1) is 29.2. The summed E-state index contributed by atoms with van der Waals surface area (Å²) < 4.78 is 4.95. The van der Waals surface area contributed by atoms with Crippen molar-refractivity contribution in [2.75, 3.05) is 26.3 Å². The number of fused-ring (bicyclic) bond motifs is 1. The van der Waals surface area contributed by atoms with E-state index in [4.69, 9.17) is 4.74 Å². The zero-order valence-electron chi connectivity index (χ0n) is 21.6. The first-order valence-corrected chi connectivity index (χ1v) is 15.0. The van der Waals surface area contributed by atoms with Gasteiger partial charge in [0, 0.05) is 23.2 Å². The highest BCUT2D eigenvalue weighted by atomic mass is 79.9. The zero-order valence-corrected chi connectivity index (χ0v) is 24.0. The summed E-state index contributed by atoms with van der Waals surface area (Å²) in [4.78, 5) is 45.0. The summed E-state index contributed by atoms with van der Waals surface area (Å²) in [5.41, 5.74) is 0. The Morgan fingerprint density at radius 3 is 2.67 bits per heavy atom. The van der Waals surface area contributed by atoms with Crippen molar-refractivity contribution in [2.24, 2.45) is 11.8 Å². The number of aliphatic hydroxyl groups is 1. The Balaban J connectivity index is 1.96. The van der Waals surface area contributed by atoms with Crippen LogP contribution in [0.25, 0.3) is 0 Å². The first-order valence-electron chi connectivity index (χ1n) is 13.2. The molecule has 0 radical (unpaired) electrons. The predicted molar refractivity (Wildman–Crippen MR) is 147 cm³/mol. The molecule has 36 heavy (non-hydrogen) atoms. The molecule has 3 heterocycles. The predicted octanol–water partition coefficient (Wildman–Crippen LogP) is 3.94. The molecule has 3 aliphatic rings.